The SMILES string of the molecule is CC(C)(C)OC(=O)N1CCC(NC2CCC(n3ccn(-c4ccc(Oc5ccccc5)cc4)c3=O)CC2)C1. The molecule has 0 radical (unpaired) electrons. The standard InChI is InChI=1S/C30H38N4O4/c1-30(2,3)38-29(36)32-18-17-23(21-32)31-22-9-11-24(12-10-22)33-19-20-34(28(33)35)25-13-15-27(16-14-25)37-26-7-5-4-6-8-26/h4-8,13-16,19-20,22-24,31H,9-12,17-18,21H2,1-3H3. The lowest BCUT2D eigenvalue weighted by atomic mass is 9.90. The number of imidazole rings is 1. The Labute approximate surface area is 224 Å². The van der Waals surface area contributed by atoms with Gasteiger partial charge in [0.2, 0.25) is 0 Å². The first kappa shape index (κ1) is 26.1. The molecular weight excluding hydrogens is 480 g/mol. The largest absolute Gasteiger partial charge is 0.457 e. The van der Waals surface area contributed by atoms with Gasteiger partial charge in [-0.1, -0.05) is 18.2 Å². The van der Waals surface area contributed by atoms with Crippen LogP contribution in [-0.4, -0.2) is 50.9 Å². The zero-order valence-electron chi connectivity index (χ0n) is 22.5. The number of likely N-dealkylation sites (tertiary alicyclic amines) is 1. The minimum absolute atomic E-state index is 0.0121. The summed E-state index contributed by atoms with van der Waals surface area (Å²) in [5, 5.41) is 3.75. The van der Waals surface area contributed by atoms with Crippen molar-refractivity contribution in [3.05, 3.63) is 77.5 Å². The van der Waals surface area contributed by atoms with Gasteiger partial charge in [0.05, 0.1) is 5.69 Å². The molecule has 1 aliphatic carbocycles. The van der Waals surface area contributed by atoms with Crippen molar-refractivity contribution >= 4 is 6.09 Å². The highest BCUT2D eigenvalue weighted by Crippen LogP contribution is 2.29. The van der Waals surface area contributed by atoms with Crippen LogP contribution < -0.4 is 15.7 Å². The Morgan fingerprint density at radius 3 is 2.24 bits per heavy atom. The Kier molecular flexibility index (Phi) is 7.61. The van der Waals surface area contributed by atoms with Gasteiger partial charge in [0, 0.05) is 43.6 Å². The van der Waals surface area contributed by atoms with Crippen molar-refractivity contribution in [2.45, 2.75) is 76.6 Å². The zero-order chi connectivity index (χ0) is 26.7. The van der Waals surface area contributed by atoms with Crippen molar-refractivity contribution in [2.24, 2.45) is 0 Å². The molecule has 1 unspecified atom stereocenters. The normalized spacial score (nSPS) is 21.9. The van der Waals surface area contributed by atoms with E-state index in [-0.39, 0.29) is 17.8 Å². The molecule has 8 nitrogen and oxygen atoms in total. The number of nitrogens with zero attached hydrogens (tertiary/aromatic N) is 3. The summed E-state index contributed by atoms with van der Waals surface area (Å²) < 4.78 is 15.0. The van der Waals surface area contributed by atoms with E-state index in [2.05, 4.69) is 5.32 Å². The fourth-order valence-corrected chi connectivity index (χ4v) is 5.41. The molecule has 1 amide bonds. The molecule has 38 heavy (non-hydrogen) atoms. The molecule has 1 saturated heterocycles. The van der Waals surface area contributed by atoms with Gasteiger partial charge in [-0.15, -0.1) is 0 Å². The number of para-hydroxylation sites is 1. The van der Waals surface area contributed by atoms with Gasteiger partial charge < -0.3 is 19.7 Å². The van der Waals surface area contributed by atoms with E-state index in [1.807, 2.05) is 92.3 Å². The summed E-state index contributed by atoms with van der Waals surface area (Å²) in [5.74, 6) is 1.51. The molecule has 1 N–H and O–H groups in total. The number of nitrogens with one attached hydrogen (secondary N) is 1. The van der Waals surface area contributed by atoms with E-state index >= 15 is 0 Å². The first-order valence-corrected chi connectivity index (χ1v) is 13.6. The number of carbonyl (C=O) groups excluding carboxylic acids is 1. The monoisotopic (exact) mass is 518 g/mol. The predicted octanol–water partition coefficient (Wildman–Crippen LogP) is 5.51. The van der Waals surface area contributed by atoms with Crippen LogP contribution in [0.5, 0.6) is 11.5 Å². The van der Waals surface area contributed by atoms with Gasteiger partial charge in [-0.2, -0.15) is 0 Å². The Hall–Kier alpha value is -3.52. The molecule has 1 aromatic heterocycles. The van der Waals surface area contributed by atoms with Crippen molar-refractivity contribution < 1.29 is 14.3 Å². The second kappa shape index (κ2) is 11.1. The Morgan fingerprint density at radius 1 is 0.868 bits per heavy atom. The number of ether oxygens (including phenoxy) is 2. The van der Waals surface area contributed by atoms with Crippen molar-refractivity contribution in [3.8, 4) is 17.2 Å². The van der Waals surface area contributed by atoms with Gasteiger partial charge in [0.15, 0.2) is 0 Å². The Balaban J connectivity index is 1.13. The third-order valence-electron chi connectivity index (χ3n) is 7.30. The molecule has 2 aliphatic rings. The molecule has 1 atom stereocenters. The van der Waals surface area contributed by atoms with Crippen LogP contribution in [0.15, 0.2) is 71.8 Å². The van der Waals surface area contributed by atoms with Gasteiger partial charge in [0.25, 0.3) is 0 Å². The van der Waals surface area contributed by atoms with Gasteiger partial charge in [0.1, 0.15) is 17.1 Å². The number of carbonyl (C=O) groups is 1. The van der Waals surface area contributed by atoms with Crippen LogP contribution in [0.3, 0.4) is 0 Å². The van der Waals surface area contributed by atoms with Gasteiger partial charge >= 0.3 is 11.8 Å². The van der Waals surface area contributed by atoms with E-state index in [1.54, 1.807) is 9.47 Å². The summed E-state index contributed by atoms with van der Waals surface area (Å²) in [7, 11) is 0. The van der Waals surface area contributed by atoms with E-state index in [0.717, 1.165) is 55.8 Å². The molecule has 202 valence electrons. The van der Waals surface area contributed by atoms with E-state index in [4.69, 9.17) is 9.47 Å². The fourth-order valence-electron chi connectivity index (χ4n) is 5.41. The number of aromatic nitrogens is 2. The molecule has 2 fully saturated rings. The van der Waals surface area contributed by atoms with Crippen LogP contribution in [-0.2, 0) is 4.74 Å². The third kappa shape index (κ3) is 6.30. The highest BCUT2D eigenvalue weighted by atomic mass is 16.6. The van der Waals surface area contributed by atoms with E-state index < -0.39 is 5.60 Å². The average molecular weight is 519 g/mol. The highest BCUT2D eigenvalue weighted by molar-refractivity contribution is 5.68. The summed E-state index contributed by atoms with van der Waals surface area (Å²) in [6.07, 6.45) is 8.40. The summed E-state index contributed by atoms with van der Waals surface area (Å²) in [4.78, 5) is 27.4. The smallest absolute Gasteiger partial charge is 0.410 e. The maximum atomic E-state index is 13.2. The summed E-state index contributed by atoms with van der Waals surface area (Å²) in [6.45, 7) is 7.10. The van der Waals surface area contributed by atoms with Crippen molar-refractivity contribution in [1.82, 2.24) is 19.4 Å². The van der Waals surface area contributed by atoms with Crippen LogP contribution >= 0.6 is 0 Å². The Bertz CT molecular complexity index is 1270. The topological polar surface area (TPSA) is 77.7 Å². The van der Waals surface area contributed by atoms with Crippen LogP contribution in [0.1, 0.15) is 58.9 Å². The van der Waals surface area contributed by atoms with Crippen molar-refractivity contribution in [1.29, 1.82) is 0 Å². The molecule has 8 heteroatoms. The van der Waals surface area contributed by atoms with Crippen molar-refractivity contribution in [3.63, 3.8) is 0 Å². The summed E-state index contributed by atoms with van der Waals surface area (Å²) in [6, 6.07) is 18.1. The lowest BCUT2D eigenvalue weighted by Gasteiger charge is -2.31. The number of amides is 1. The molecule has 0 spiro atoms. The molecule has 1 saturated carbocycles. The predicted molar refractivity (Wildman–Crippen MR) is 147 cm³/mol. The maximum absolute atomic E-state index is 13.2. The van der Waals surface area contributed by atoms with E-state index in [1.165, 1.54) is 0 Å². The lowest BCUT2D eigenvalue weighted by Crippen LogP contribution is -2.43. The quantitative estimate of drug-likeness (QED) is 0.465. The molecule has 1 aliphatic heterocycles. The van der Waals surface area contributed by atoms with E-state index in [9.17, 15) is 9.59 Å². The number of rotatable bonds is 6. The molecule has 0 bridgehead atoms. The van der Waals surface area contributed by atoms with Gasteiger partial charge in [-0.3, -0.25) is 9.13 Å². The lowest BCUT2D eigenvalue weighted by molar-refractivity contribution is 0.0290. The first-order valence-electron chi connectivity index (χ1n) is 13.6. The van der Waals surface area contributed by atoms with Gasteiger partial charge in [-0.25, -0.2) is 9.59 Å². The minimum atomic E-state index is -0.474. The average Bonchev–Trinajstić information content (AvgIpc) is 3.52. The molecule has 2 aromatic carbocycles. The zero-order valence-corrected chi connectivity index (χ0v) is 22.5. The van der Waals surface area contributed by atoms with E-state index in [0.29, 0.717) is 18.6 Å². The van der Waals surface area contributed by atoms with Crippen LogP contribution in [0.2, 0.25) is 0 Å². The third-order valence-corrected chi connectivity index (χ3v) is 7.30. The second-order valence-corrected chi connectivity index (χ2v) is 11.4. The first-order chi connectivity index (χ1) is 18.2. The molecule has 2 heterocycles. The number of hydrogen-bond donors (Lipinski definition) is 1. The summed E-state index contributed by atoms with van der Waals surface area (Å²) >= 11 is 0. The second-order valence-electron chi connectivity index (χ2n) is 11.4. The van der Waals surface area contributed by atoms with Crippen LogP contribution in [0.4, 0.5) is 4.79 Å². The minimum Gasteiger partial charge on any atom is -0.457 e. The Morgan fingerprint density at radius 2 is 1.55 bits per heavy atom. The molecule has 3 aromatic rings. The molecule has 5 rings (SSSR count). The highest BCUT2D eigenvalue weighted by Gasteiger charge is 2.32. The number of hydrogen-bond acceptors (Lipinski definition) is 5. The van der Waals surface area contributed by atoms with Crippen LogP contribution in [0, 0.1) is 0 Å². The fraction of sp³-hybridized carbons (Fsp3) is 0.467. The van der Waals surface area contributed by atoms with Crippen LogP contribution in [0.25, 0.3) is 5.69 Å². The maximum Gasteiger partial charge on any atom is 0.410 e. The summed E-state index contributed by atoms with van der Waals surface area (Å²) in [5.41, 5.74) is 0.334. The number of benzene rings is 2. The van der Waals surface area contributed by atoms with Crippen molar-refractivity contribution in [2.75, 3.05) is 13.1 Å². The van der Waals surface area contributed by atoms with Gasteiger partial charge in [-0.05, 0) is 89.3 Å². The molecular formula is C30H38N4O4.